The van der Waals surface area contributed by atoms with E-state index in [1.54, 1.807) is 24.3 Å². The minimum Gasteiger partial charge on any atom is -0.399 e. The fourth-order valence-electron chi connectivity index (χ4n) is 1.27. The topological polar surface area (TPSA) is 90.3 Å². The van der Waals surface area contributed by atoms with E-state index in [0.717, 1.165) is 5.56 Å². The Morgan fingerprint density at radius 2 is 2.13 bits per heavy atom. The van der Waals surface area contributed by atoms with E-state index in [4.69, 9.17) is 11.0 Å². The van der Waals surface area contributed by atoms with Crippen molar-refractivity contribution < 1.29 is 10.2 Å². The summed E-state index contributed by atoms with van der Waals surface area (Å²) in [4.78, 5) is 0. The number of aryl methyl sites for hydroxylation is 1. The summed E-state index contributed by atoms with van der Waals surface area (Å²) in [6.45, 7) is 1.86. The first-order valence-electron chi connectivity index (χ1n) is 4.65. The van der Waals surface area contributed by atoms with Crippen LogP contribution in [0.1, 0.15) is 23.7 Å². The quantitative estimate of drug-likeness (QED) is 0.640. The van der Waals surface area contributed by atoms with Crippen LogP contribution in [0.15, 0.2) is 18.2 Å². The van der Waals surface area contributed by atoms with Crippen LogP contribution in [0.5, 0.6) is 0 Å². The molecule has 0 aromatic heterocycles. The van der Waals surface area contributed by atoms with E-state index in [0.29, 0.717) is 11.3 Å². The smallest absolute Gasteiger partial charge is 0.106 e. The number of nitrogens with two attached hydrogens (primary N) is 1. The lowest BCUT2D eigenvalue weighted by Crippen LogP contribution is -2.17. The molecule has 0 spiro atoms. The average Bonchev–Trinajstić information content (AvgIpc) is 2.21. The first-order chi connectivity index (χ1) is 7.06. The van der Waals surface area contributed by atoms with E-state index >= 15 is 0 Å². The monoisotopic (exact) mass is 206 g/mol. The Kier molecular flexibility index (Phi) is 3.67. The number of aliphatic hydroxyl groups excluding tert-OH is 2. The van der Waals surface area contributed by atoms with Crippen molar-refractivity contribution in [1.29, 1.82) is 5.26 Å². The second kappa shape index (κ2) is 4.78. The van der Waals surface area contributed by atoms with Crippen LogP contribution in [0.25, 0.3) is 0 Å². The Hall–Kier alpha value is -1.57. The summed E-state index contributed by atoms with van der Waals surface area (Å²) in [7, 11) is 0. The molecule has 0 bridgehead atoms. The summed E-state index contributed by atoms with van der Waals surface area (Å²) in [5, 5.41) is 27.5. The fraction of sp³-hybridized carbons (Fsp3) is 0.364. The molecule has 2 atom stereocenters. The van der Waals surface area contributed by atoms with E-state index in [-0.39, 0.29) is 6.42 Å². The Labute approximate surface area is 88.6 Å². The molecule has 0 saturated carbocycles. The van der Waals surface area contributed by atoms with Crippen molar-refractivity contribution in [2.24, 2.45) is 0 Å². The Bertz CT molecular complexity index is 385. The summed E-state index contributed by atoms with van der Waals surface area (Å²) >= 11 is 0. The molecule has 0 aliphatic carbocycles. The Balaban J connectivity index is 2.87. The second-order valence-corrected chi connectivity index (χ2v) is 3.49. The van der Waals surface area contributed by atoms with Crippen LogP contribution in [0.4, 0.5) is 5.69 Å². The average molecular weight is 206 g/mol. The van der Waals surface area contributed by atoms with Crippen molar-refractivity contribution in [3.05, 3.63) is 29.3 Å². The van der Waals surface area contributed by atoms with Crippen molar-refractivity contribution >= 4 is 5.69 Å². The van der Waals surface area contributed by atoms with Gasteiger partial charge >= 0.3 is 0 Å². The van der Waals surface area contributed by atoms with Crippen LogP contribution in [0.3, 0.4) is 0 Å². The SMILES string of the molecule is Cc1ccc(C(O)C(O)CC#N)cc1N. The number of nitrogens with zero attached hydrogens (tertiary/aromatic N) is 1. The van der Waals surface area contributed by atoms with Gasteiger partial charge in [-0.1, -0.05) is 12.1 Å². The molecule has 2 unspecified atom stereocenters. The van der Waals surface area contributed by atoms with Crippen LogP contribution in [0, 0.1) is 18.3 Å². The molecule has 0 saturated heterocycles. The van der Waals surface area contributed by atoms with Gasteiger partial charge in [0.15, 0.2) is 0 Å². The second-order valence-electron chi connectivity index (χ2n) is 3.49. The van der Waals surface area contributed by atoms with Gasteiger partial charge in [0.2, 0.25) is 0 Å². The maximum atomic E-state index is 9.68. The van der Waals surface area contributed by atoms with Gasteiger partial charge in [-0.25, -0.2) is 0 Å². The molecule has 0 aliphatic rings. The summed E-state index contributed by atoms with van der Waals surface area (Å²) < 4.78 is 0. The number of rotatable bonds is 3. The van der Waals surface area contributed by atoms with Crippen LogP contribution in [-0.4, -0.2) is 16.3 Å². The van der Waals surface area contributed by atoms with Gasteiger partial charge in [-0.2, -0.15) is 5.26 Å². The number of nitriles is 1. The van der Waals surface area contributed by atoms with Gasteiger partial charge in [-0.3, -0.25) is 0 Å². The van der Waals surface area contributed by atoms with Gasteiger partial charge in [0, 0.05) is 5.69 Å². The number of hydrogen-bond donors (Lipinski definition) is 3. The fourth-order valence-corrected chi connectivity index (χ4v) is 1.27. The molecule has 1 rings (SSSR count). The van der Waals surface area contributed by atoms with Crippen LogP contribution >= 0.6 is 0 Å². The van der Waals surface area contributed by atoms with Gasteiger partial charge in [-0.15, -0.1) is 0 Å². The molecule has 15 heavy (non-hydrogen) atoms. The minimum atomic E-state index is -1.07. The predicted molar refractivity (Wildman–Crippen MR) is 56.8 cm³/mol. The molecule has 4 heteroatoms. The maximum Gasteiger partial charge on any atom is 0.106 e. The Morgan fingerprint density at radius 1 is 1.47 bits per heavy atom. The van der Waals surface area contributed by atoms with Gasteiger partial charge in [0.1, 0.15) is 6.10 Å². The molecule has 1 aromatic rings. The molecule has 4 N–H and O–H groups in total. The van der Waals surface area contributed by atoms with E-state index in [9.17, 15) is 10.2 Å². The highest BCUT2D eigenvalue weighted by Gasteiger charge is 2.18. The summed E-state index contributed by atoms with van der Waals surface area (Å²) in [5.74, 6) is 0. The molecule has 0 heterocycles. The zero-order valence-electron chi connectivity index (χ0n) is 8.51. The minimum absolute atomic E-state index is 0.102. The molecular formula is C11H14N2O2. The standard InChI is InChI=1S/C11H14N2O2/c1-7-2-3-8(6-9(7)13)11(15)10(14)4-5-12/h2-3,6,10-11,14-15H,4,13H2,1H3. The number of nitrogen functional groups attached to an aromatic ring is 1. The molecule has 0 amide bonds. The highest BCUT2D eigenvalue weighted by molar-refractivity contribution is 5.48. The van der Waals surface area contributed by atoms with Crippen molar-refractivity contribution in [2.45, 2.75) is 25.6 Å². The zero-order valence-corrected chi connectivity index (χ0v) is 8.51. The molecule has 0 fully saturated rings. The predicted octanol–water partition coefficient (Wildman–Crippen LogP) is 0.885. The highest BCUT2D eigenvalue weighted by Crippen LogP contribution is 2.22. The van der Waals surface area contributed by atoms with Crippen molar-refractivity contribution in [3.63, 3.8) is 0 Å². The van der Waals surface area contributed by atoms with E-state index in [1.165, 1.54) is 0 Å². The molecule has 0 radical (unpaired) electrons. The third-order valence-electron chi connectivity index (χ3n) is 2.31. The first kappa shape index (κ1) is 11.5. The normalized spacial score (nSPS) is 14.3. The first-order valence-corrected chi connectivity index (χ1v) is 4.65. The molecule has 4 nitrogen and oxygen atoms in total. The third kappa shape index (κ3) is 2.69. The Morgan fingerprint density at radius 3 is 2.67 bits per heavy atom. The van der Waals surface area contributed by atoms with Crippen LogP contribution in [0.2, 0.25) is 0 Å². The van der Waals surface area contributed by atoms with Crippen LogP contribution in [-0.2, 0) is 0 Å². The third-order valence-corrected chi connectivity index (χ3v) is 2.31. The van der Waals surface area contributed by atoms with Crippen molar-refractivity contribution in [3.8, 4) is 6.07 Å². The highest BCUT2D eigenvalue weighted by atomic mass is 16.3. The maximum absolute atomic E-state index is 9.68. The lowest BCUT2D eigenvalue weighted by atomic mass is 10.0. The van der Waals surface area contributed by atoms with E-state index < -0.39 is 12.2 Å². The number of benzene rings is 1. The largest absolute Gasteiger partial charge is 0.399 e. The molecule has 1 aromatic carbocycles. The van der Waals surface area contributed by atoms with Crippen molar-refractivity contribution in [2.75, 3.05) is 5.73 Å². The van der Waals surface area contributed by atoms with E-state index in [1.807, 2.05) is 6.92 Å². The van der Waals surface area contributed by atoms with Gasteiger partial charge in [0.05, 0.1) is 18.6 Å². The summed E-state index contributed by atoms with van der Waals surface area (Å²) in [6.07, 6.45) is -2.24. The van der Waals surface area contributed by atoms with Gasteiger partial charge in [-0.05, 0) is 24.1 Å². The van der Waals surface area contributed by atoms with Crippen molar-refractivity contribution in [1.82, 2.24) is 0 Å². The molecule has 80 valence electrons. The van der Waals surface area contributed by atoms with Gasteiger partial charge in [0.25, 0.3) is 0 Å². The number of anilines is 1. The number of hydrogen-bond acceptors (Lipinski definition) is 4. The summed E-state index contributed by atoms with van der Waals surface area (Å²) in [6, 6.07) is 6.88. The zero-order chi connectivity index (χ0) is 11.4. The van der Waals surface area contributed by atoms with Gasteiger partial charge < -0.3 is 15.9 Å². The lowest BCUT2D eigenvalue weighted by molar-refractivity contribution is 0.0216. The molecular weight excluding hydrogens is 192 g/mol. The lowest BCUT2D eigenvalue weighted by Gasteiger charge is -2.16. The van der Waals surface area contributed by atoms with Crippen LogP contribution < -0.4 is 5.73 Å². The van der Waals surface area contributed by atoms with E-state index in [2.05, 4.69) is 0 Å². The summed E-state index contributed by atoms with van der Waals surface area (Å²) in [5.41, 5.74) is 7.69. The molecule has 0 aliphatic heterocycles. The number of aliphatic hydroxyl groups is 2.